The van der Waals surface area contributed by atoms with Crippen molar-refractivity contribution in [1.82, 2.24) is 0 Å². The molecule has 1 fully saturated rings. The van der Waals surface area contributed by atoms with Crippen molar-refractivity contribution in [1.29, 1.82) is 0 Å². The quantitative estimate of drug-likeness (QED) is 0.886. The Labute approximate surface area is 111 Å². The van der Waals surface area contributed by atoms with E-state index in [2.05, 4.69) is 44.0 Å². The number of benzene rings is 1. The van der Waals surface area contributed by atoms with E-state index in [9.17, 15) is 5.11 Å². The minimum Gasteiger partial charge on any atom is -0.393 e. The smallest absolute Gasteiger partial charge is 0.0585 e. The molecule has 2 heteroatoms. The second-order valence-corrected chi connectivity index (χ2v) is 5.84. The molecule has 1 saturated carbocycles. The monoisotopic (exact) mass is 247 g/mol. The van der Waals surface area contributed by atoms with E-state index in [1.165, 1.54) is 29.7 Å². The van der Waals surface area contributed by atoms with Crippen LogP contribution in [0.15, 0.2) is 18.2 Å². The highest BCUT2D eigenvalue weighted by Crippen LogP contribution is 2.27. The van der Waals surface area contributed by atoms with Gasteiger partial charge in [-0.2, -0.15) is 0 Å². The zero-order valence-electron chi connectivity index (χ0n) is 11.8. The maximum Gasteiger partial charge on any atom is 0.0585 e. The van der Waals surface area contributed by atoms with E-state index in [4.69, 9.17) is 0 Å². The Morgan fingerprint density at radius 1 is 1.11 bits per heavy atom. The molecule has 0 saturated heterocycles. The van der Waals surface area contributed by atoms with Crippen LogP contribution in [0.25, 0.3) is 0 Å². The van der Waals surface area contributed by atoms with Gasteiger partial charge in [-0.15, -0.1) is 0 Å². The van der Waals surface area contributed by atoms with Gasteiger partial charge in [0.15, 0.2) is 0 Å². The van der Waals surface area contributed by atoms with Crippen molar-refractivity contribution < 1.29 is 5.11 Å². The maximum absolute atomic E-state index is 10.0. The average molecular weight is 247 g/mol. The molecule has 100 valence electrons. The number of aryl methyl sites for hydroxylation is 2. The van der Waals surface area contributed by atoms with Gasteiger partial charge in [0.25, 0.3) is 0 Å². The largest absolute Gasteiger partial charge is 0.393 e. The molecule has 1 aromatic carbocycles. The number of hydrogen-bond donors (Lipinski definition) is 1. The predicted octanol–water partition coefficient (Wildman–Crippen LogP) is 3.29. The molecule has 1 aliphatic rings. The predicted molar refractivity (Wildman–Crippen MR) is 77.2 cm³/mol. The van der Waals surface area contributed by atoms with Crippen LogP contribution in [0.3, 0.4) is 0 Å². The van der Waals surface area contributed by atoms with Crippen molar-refractivity contribution in [3.8, 4) is 0 Å². The summed E-state index contributed by atoms with van der Waals surface area (Å²) >= 11 is 0. The van der Waals surface area contributed by atoms with Gasteiger partial charge in [0.2, 0.25) is 0 Å². The Bertz CT molecular complexity index is 382. The number of nitrogens with zero attached hydrogens (tertiary/aromatic N) is 1. The number of anilines is 1. The minimum atomic E-state index is -0.105. The first-order chi connectivity index (χ1) is 8.56. The fourth-order valence-corrected chi connectivity index (χ4v) is 3.03. The molecule has 0 spiro atoms. The van der Waals surface area contributed by atoms with Crippen molar-refractivity contribution >= 4 is 5.69 Å². The van der Waals surface area contributed by atoms with Gasteiger partial charge in [0.1, 0.15) is 0 Å². The Kier molecular flexibility index (Phi) is 4.28. The molecule has 2 nitrogen and oxygen atoms in total. The molecular weight excluding hydrogens is 222 g/mol. The molecule has 2 atom stereocenters. The molecule has 18 heavy (non-hydrogen) atoms. The lowest BCUT2D eigenvalue weighted by Gasteiger charge is -2.32. The third-order valence-electron chi connectivity index (χ3n) is 4.02. The minimum absolute atomic E-state index is 0.105. The lowest BCUT2D eigenvalue weighted by atomic mass is 9.86. The highest BCUT2D eigenvalue weighted by molar-refractivity contribution is 5.50. The summed E-state index contributed by atoms with van der Waals surface area (Å²) < 4.78 is 0. The van der Waals surface area contributed by atoms with E-state index >= 15 is 0 Å². The standard InChI is InChI=1S/C16H25NO/c1-12-8-13(2)10-15(9-12)17(3)11-14-6-4-5-7-16(14)18/h8-10,14,16,18H,4-7,11H2,1-3H3. The molecule has 1 N–H and O–H groups in total. The van der Waals surface area contributed by atoms with Gasteiger partial charge in [0, 0.05) is 25.2 Å². The molecule has 2 unspecified atom stereocenters. The zero-order valence-corrected chi connectivity index (χ0v) is 11.8. The van der Waals surface area contributed by atoms with Gasteiger partial charge in [0.05, 0.1) is 6.10 Å². The normalized spacial score (nSPS) is 24.0. The van der Waals surface area contributed by atoms with Crippen LogP contribution in [0.2, 0.25) is 0 Å². The van der Waals surface area contributed by atoms with Gasteiger partial charge in [-0.25, -0.2) is 0 Å². The summed E-state index contributed by atoms with van der Waals surface area (Å²) in [5.74, 6) is 0.435. The van der Waals surface area contributed by atoms with Gasteiger partial charge >= 0.3 is 0 Å². The van der Waals surface area contributed by atoms with Crippen LogP contribution in [0.1, 0.15) is 36.8 Å². The van der Waals surface area contributed by atoms with E-state index < -0.39 is 0 Å². The first-order valence-electron chi connectivity index (χ1n) is 7.04. The average Bonchev–Trinajstić information content (AvgIpc) is 2.31. The molecule has 2 rings (SSSR count). The Balaban J connectivity index is 2.04. The molecule has 0 aliphatic heterocycles. The molecule has 0 heterocycles. The number of hydrogen-bond acceptors (Lipinski definition) is 2. The van der Waals surface area contributed by atoms with E-state index in [0.717, 1.165) is 19.4 Å². The van der Waals surface area contributed by atoms with Crippen LogP contribution < -0.4 is 4.90 Å². The molecule has 0 aromatic heterocycles. The summed E-state index contributed by atoms with van der Waals surface area (Å²) in [6, 6.07) is 6.65. The second-order valence-electron chi connectivity index (χ2n) is 5.84. The van der Waals surface area contributed by atoms with Crippen LogP contribution in [0.5, 0.6) is 0 Å². The summed E-state index contributed by atoms with van der Waals surface area (Å²) in [7, 11) is 2.13. The third kappa shape index (κ3) is 3.26. The van der Waals surface area contributed by atoms with Crippen molar-refractivity contribution in [2.75, 3.05) is 18.5 Å². The Morgan fingerprint density at radius 2 is 1.72 bits per heavy atom. The topological polar surface area (TPSA) is 23.5 Å². The maximum atomic E-state index is 10.0. The lowest BCUT2D eigenvalue weighted by Crippen LogP contribution is -2.35. The number of rotatable bonds is 3. The van der Waals surface area contributed by atoms with E-state index in [1.54, 1.807) is 0 Å². The molecule has 1 aliphatic carbocycles. The summed E-state index contributed by atoms with van der Waals surface area (Å²) in [5, 5.41) is 10.0. The lowest BCUT2D eigenvalue weighted by molar-refractivity contribution is 0.0736. The van der Waals surface area contributed by atoms with Crippen molar-refractivity contribution in [2.24, 2.45) is 5.92 Å². The van der Waals surface area contributed by atoms with Crippen LogP contribution in [-0.2, 0) is 0 Å². The van der Waals surface area contributed by atoms with Gasteiger partial charge in [-0.05, 0) is 49.9 Å². The first-order valence-corrected chi connectivity index (χ1v) is 7.04. The van der Waals surface area contributed by atoms with Gasteiger partial charge < -0.3 is 10.0 Å². The van der Waals surface area contributed by atoms with Crippen LogP contribution in [-0.4, -0.2) is 24.8 Å². The van der Waals surface area contributed by atoms with Crippen LogP contribution in [0.4, 0.5) is 5.69 Å². The molecule has 1 aromatic rings. The van der Waals surface area contributed by atoms with E-state index in [-0.39, 0.29) is 6.10 Å². The van der Waals surface area contributed by atoms with Crippen LogP contribution in [0, 0.1) is 19.8 Å². The highest BCUT2D eigenvalue weighted by atomic mass is 16.3. The fourth-order valence-electron chi connectivity index (χ4n) is 3.03. The van der Waals surface area contributed by atoms with Crippen molar-refractivity contribution in [2.45, 2.75) is 45.6 Å². The summed E-state index contributed by atoms with van der Waals surface area (Å²) in [6.07, 6.45) is 4.49. The van der Waals surface area contributed by atoms with E-state index in [1.807, 2.05) is 0 Å². The fraction of sp³-hybridized carbons (Fsp3) is 0.625. The highest BCUT2D eigenvalue weighted by Gasteiger charge is 2.24. The second kappa shape index (κ2) is 5.75. The SMILES string of the molecule is Cc1cc(C)cc(N(C)CC2CCCCC2O)c1. The summed E-state index contributed by atoms with van der Waals surface area (Å²) in [6.45, 7) is 5.24. The van der Waals surface area contributed by atoms with Gasteiger partial charge in [-0.3, -0.25) is 0 Å². The summed E-state index contributed by atoms with van der Waals surface area (Å²) in [4.78, 5) is 2.29. The van der Waals surface area contributed by atoms with Gasteiger partial charge in [-0.1, -0.05) is 18.9 Å². The first kappa shape index (κ1) is 13.4. The van der Waals surface area contributed by atoms with Crippen LogP contribution >= 0.6 is 0 Å². The number of aliphatic hydroxyl groups is 1. The molecular formula is C16H25NO. The van der Waals surface area contributed by atoms with E-state index in [0.29, 0.717) is 5.92 Å². The third-order valence-corrected chi connectivity index (χ3v) is 4.02. The summed E-state index contributed by atoms with van der Waals surface area (Å²) in [5.41, 5.74) is 3.88. The molecule has 0 radical (unpaired) electrons. The van der Waals surface area contributed by atoms with Crippen molar-refractivity contribution in [3.63, 3.8) is 0 Å². The Hall–Kier alpha value is -1.02. The number of aliphatic hydroxyl groups excluding tert-OH is 1. The molecule has 0 bridgehead atoms. The van der Waals surface area contributed by atoms with Crippen molar-refractivity contribution in [3.05, 3.63) is 29.3 Å². The zero-order chi connectivity index (χ0) is 13.1. The molecule has 0 amide bonds. The Morgan fingerprint density at radius 3 is 2.33 bits per heavy atom.